The minimum atomic E-state index is -3.05. The fourth-order valence-electron chi connectivity index (χ4n) is 2.96. The Morgan fingerprint density at radius 1 is 1.37 bits per heavy atom. The standard InChI is InChI=1S/C12H25N3O3S/c1-19(16,17)15-4-2-3-11(9-15)8-14-5-6-18-10-12(14)7-13/h11-12H,2-10,13H2,1H3. The first kappa shape index (κ1) is 15.2. The Hall–Kier alpha value is -0.210. The van der Waals surface area contributed by atoms with Gasteiger partial charge in [-0.15, -0.1) is 0 Å². The molecule has 0 aromatic heterocycles. The van der Waals surface area contributed by atoms with Gasteiger partial charge in [-0.3, -0.25) is 4.90 Å². The summed E-state index contributed by atoms with van der Waals surface area (Å²) in [5, 5.41) is 0. The van der Waals surface area contributed by atoms with Crippen LogP contribution in [-0.2, 0) is 14.8 Å². The van der Waals surface area contributed by atoms with Crippen LogP contribution < -0.4 is 5.73 Å². The van der Waals surface area contributed by atoms with Crippen LogP contribution in [0.25, 0.3) is 0 Å². The molecule has 6 nitrogen and oxygen atoms in total. The third kappa shape index (κ3) is 4.13. The number of ether oxygens (including phenoxy) is 1. The van der Waals surface area contributed by atoms with Gasteiger partial charge in [0.15, 0.2) is 0 Å². The topological polar surface area (TPSA) is 75.9 Å². The van der Waals surface area contributed by atoms with Gasteiger partial charge in [-0.1, -0.05) is 0 Å². The lowest BCUT2D eigenvalue weighted by Gasteiger charge is -2.39. The lowest BCUT2D eigenvalue weighted by molar-refractivity contribution is -0.0139. The highest BCUT2D eigenvalue weighted by molar-refractivity contribution is 7.88. The molecular weight excluding hydrogens is 266 g/mol. The number of nitrogens with zero attached hydrogens (tertiary/aromatic N) is 2. The van der Waals surface area contributed by atoms with Gasteiger partial charge in [-0.25, -0.2) is 12.7 Å². The zero-order chi connectivity index (χ0) is 13.9. The molecule has 7 heteroatoms. The third-order valence-corrected chi connectivity index (χ3v) is 5.33. The SMILES string of the molecule is CS(=O)(=O)N1CCCC(CN2CCOCC2CN)C1. The molecule has 19 heavy (non-hydrogen) atoms. The van der Waals surface area contributed by atoms with E-state index >= 15 is 0 Å². The van der Waals surface area contributed by atoms with E-state index in [2.05, 4.69) is 4.90 Å². The Balaban J connectivity index is 1.91. The van der Waals surface area contributed by atoms with E-state index in [1.165, 1.54) is 6.26 Å². The van der Waals surface area contributed by atoms with Crippen molar-refractivity contribution >= 4 is 10.0 Å². The Bertz CT molecular complexity index is 388. The van der Waals surface area contributed by atoms with E-state index in [1.54, 1.807) is 4.31 Å². The highest BCUT2D eigenvalue weighted by Crippen LogP contribution is 2.21. The molecule has 0 amide bonds. The molecule has 2 fully saturated rings. The molecule has 0 saturated carbocycles. The van der Waals surface area contributed by atoms with Crippen molar-refractivity contribution < 1.29 is 13.2 Å². The number of sulfonamides is 1. The van der Waals surface area contributed by atoms with Crippen molar-refractivity contribution in [3.8, 4) is 0 Å². The molecule has 2 aliphatic heterocycles. The lowest BCUT2D eigenvalue weighted by atomic mass is 9.98. The number of morpholine rings is 1. The van der Waals surface area contributed by atoms with Gasteiger partial charge >= 0.3 is 0 Å². The maximum absolute atomic E-state index is 11.6. The van der Waals surface area contributed by atoms with Crippen molar-refractivity contribution in [1.29, 1.82) is 0 Å². The van der Waals surface area contributed by atoms with Gasteiger partial charge in [-0.05, 0) is 18.8 Å². The number of piperidine rings is 1. The summed E-state index contributed by atoms with van der Waals surface area (Å²) in [5.41, 5.74) is 5.77. The van der Waals surface area contributed by atoms with E-state index in [9.17, 15) is 8.42 Å². The number of nitrogens with two attached hydrogens (primary N) is 1. The predicted molar refractivity (Wildman–Crippen MR) is 74.4 cm³/mol. The van der Waals surface area contributed by atoms with E-state index in [-0.39, 0.29) is 6.04 Å². The summed E-state index contributed by atoms with van der Waals surface area (Å²) in [5.74, 6) is 0.413. The van der Waals surface area contributed by atoms with Gasteiger partial charge in [-0.2, -0.15) is 0 Å². The van der Waals surface area contributed by atoms with Gasteiger partial charge in [0.2, 0.25) is 10.0 Å². The van der Waals surface area contributed by atoms with Crippen LogP contribution in [-0.4, -0.2) is 75.9 Å². The van der Waals surface area contributed by atoms with Crippen molar-refractivity contribution in [3.05, 3.63) is 0 Å². The van der Waals surface area contributed by atoms with E-state index < -0.39 is 10.0 Å². The van der Waals surface area contributed by atoms with Crippen molar-refractivity contribution in [2.45, 2.75) is 18.9 Å². The summed E-state index contributed by atoms with van der Waals surface area (Å²) in [6.07, 6.45) is 3.35. The van der Waals surface area contributed by atoms with Crippen LogP contribution in [0.1, 0.15) is 12.8 Å². The molecule has 2 saturated heterocycles. The largest absolute Gasteiger partial charge is 0.378 e. The van der Waals surface area contributed by atoms with Crippen LogP contribution in [0.3, 0.4) is 0 Å². The van der Waals surface area contributed by atoms with Crippen LogP contribution in [0.4, 0.5) is 0 Å². The quantitative estimate of drug-likeness (QED) is 0.742. The molecule has 0 aromatic carbocycles. The summed E-state index contributed by atoms with van der Waals surface area (Å²) < 4.78 is 30.3. The van der Waals surface area contributed by atoms with E-state index in [1.807, 2.05) is 0 Å². The normalized spacial score (nSPS) is 31.5. The zero-order valence-electron chi connectivity index (χ0n) is 11.6. The molecule has 2 atom stereocenters. The van der Waals surface area contributed by atoms with Gasteiger partial charge in [0.25, 0.3) is 0 Å². The van der Waals surface area contributed by atoms with Crippen LogP contribution in [0.15, 0.2) is 0 Å². The maximum Gasteiger partial charge on any atom is 0.211 e. The first-order valence-corrected chi connectivity index (χ1v) is 8.82. The van der Waals surface area contributed by atoms with Crippen molar-refractivity contribution in [2.75, 3.05) is 52.2 Å². The van der Waals surface area contributed by atoms with Crippen LogP contribution in [0, 0.1) is 5.92 Å². The fourth-order valence-corrected chi connectivity index (χ4v) is 3.90. The molecule has 2 heterocycles. The summed E-state index contributed by atoms with van der Waals surface area (Å²) in [6, 6.07) is 0.280. The van der Waals surface area contributed by atoms with Crippen LogP contribution >= 0.6 is 0 Å². The highest BCUT2D eigenvalue weighted by atomic mass is 32.2. The minimum Gasteiger partial charge on any atom is -0.378 e. The van der Waals surface area contributed by atoms with Crippen molar-refractivity contribution in [3.63, 3.8) is 0 Å². The Labute approximate surface area is 115 Å². The lowest BCUT2D eigenvalue weighted by Crippen LogP contribution is -2.52. The van der Waals surface area contributed by atoms with E-state index in [0.717, 1.165) is 32.5 Å². The predicted octanol–water partition coefficient (Wildman–Crippen LogP) is -0.682. The van der Waals surface area contributed by atoms with Crippen LogP contribution in [0.5, 0.6) is 0 Å². The van der Waals surface area contributed by atoms with Crippen molar-refractivity contribution in [2.24, 2.45) is 11.7 Å². The summed E-state index contributed by atoms with van der Waals surface area (Å²) in [4.78, 5) is 2.36. The average Bonchev–Trinajstić information content (AvgIpc) is 2.39. The second kappa shape index (κ2) is 6.49. The molecule has 2 N–H and O–H groups in total. The molecule has 2 aliphatic rings. The minimum absolute atomic E-state index is 0.280. The van der Waals surface area contributed by atoms with Crippen LogP contribution in [0.2, 0.25) is 0 Å². The molecule has 2 rings (SSSR count). The number of rotatable bonds is 4. The monoisotopic (exact) mass is 291 g/mol. The first-order valence-electron chi connectivity index (χ1n) is 6.97. The van der Waals surface area contributed by atoms with Gasteiger partial charge in [0, 0.05) is 38.8 Å². The highest BCUT2D eigenvalue weighted by Gasteiger charge is 2.29. The Kier molecular flexibility index (Phi) is 5.19. The molecule has 0 aromatic rings. The summed E-state index contributed by atoms with van der Waals surface area (Å²) in [7, 11) is -3.05. The summed E-state index contributed by atoms with van der Waals surface area (Å²) in [6.45, 7) is 5.18. The fraction of sp³-hybridized carbons (Fsp3) is 1.00. The molecule has 0 spiro atoms. The molecular formula is C12H25N3O3S. The van der Waals surface area contributed by atoms with Gasteiger partial charge < -0.3 is 10.5 Å². The maximum atomic E-state index is 11.6. The molecule has 0 aliphatic carbocycles. The molecule has 112 valence electrons. The number of hydrogen-bond acceptors (Lipinski definition) is 5. The number of hydrogen-bond donors (Lipinski definition) is 1. The van der Waals surface area contributed by atoms with Crippen molar-refractivity contribution in [1.82, 2.24) is 9.21 Å². The average molecular weight is 291 g/mol. The Morgan fingerprint density at radius 2 is 2.16 bits per heavy atom. The zero-order valence-corrected chi connectivity index (χ0v) is 12.4. The van der Waals surface area contributed by atoms with E-state index in [4.69, 9.17) is 10.5 Å². The molecule has 2 unspecified atom stereocenters. The second-order valence-corrected chi connectivity index (χ2v) is 7.57. The molecule has 0 bridgehead atoms. The summed E-state index contributed by atoms with van der Waals surface area (Å²) >= 11 is 0. The smallest absolute Gasteiger partial charge is 0.211 e. The van der Waals surface area contributed by atoms with Gasteiger partial charge in [0.05, 0.1) is 19.5 Å². The third-order valence-electron chi connectivity index (χ3n) is 4.06. The van der Waals surface area contributed by atoms with E-state index in [0.29, 0.717) is 32.2 Å². The molecule has 0 radical (unpaired) electrons. The Morgan fingerprint density at radius 3 is 2.84 bits per heavy atom. The first-order chi connectivity index (χ1) is 9.00. The second-order valence-electron chi connectivity index (χ2n) is 5.59. The van der Waals surface area contributed by atoms with Gasteiger partial charge in [0.1, 0.15) is 0 Å².